The van der Waals surface area contributed by atoms with Gasteiger partial charge in [-0.15, -0.1) is 0 Å². The first-order chi connectivity index (χ1) is 17.0. The largest absolute Gasteiger partial charge is 0.443 e. The maximum absolute atomic E-state index is 13.7. The standard InChI is InChI=1S/C27H25F4N3O2/c1-27(2,3)36-26(35)34-24(18-7-11-20(29)12-8-18)23(17-5-9-19(28)10-6-17)33-25(34)32-15-16-4-13-21(30)22(31)14-16/h4-14,23-24H,15H2,1-3H3,(H,32,33)/t23-,24+/m0/s1. The van der Waals surface area contributed by atoms with Crippen LogP contribution in [0.2, 0.25) is 0 Å². The van der Waals surface area contributed by atoms with Gasteiger partial charge >= 0.3 is 6.09 Å². The molecule has 3 aromatic carbocycles. The van der Waals surface area contributed by atoms with E-state index in [-0.39, 0.29) is 12.5 Å². The molecule has 0 saturated carbocycles. The first kappa shape index (κ1) is 25.2. The highest BCUT2D eigenvalue weighted by Crippen LogP contribution is 2.40. The molecule has 5 nitrogen and oxygen atoms in total. The summed E-state index contributed by atoms with van der Waals surface area (Å²) in [6.07, 6.45) is -0.710. The molecular weight excluding hydrogens is 474 g/mol. The molecule has 1 fully saturated rings. The molecule has 4 rings (SSSR count). The number of ether oxygens (including phenoxy) is 1. The molecule has 0 radical (unpaired) electrons. The van der Waals surface area contributed by atoms with E-state index in [1.807, 2.05) is 0 Å². The average molecular weight is 500 g/mol. The van der Waals surface area contributed by atoms with E-state index in [1.165, 1.54) is 35.2 Å². The zero-order chi connectivity index (χ0) is 26.0. The third-order valence-corrected chi connectivity index (χ3v) is 5.53. The number of aliphatic imine (C=N–C) groups is 1. The Labute approximate surface area is 206 Å². The fraction of sp³-hybridized carbons (Fsp3) is 0.259. The van der Waals surface area contributed by atoms with Crippen LogP contribution in [0.25, 0.3) is 0 Å². The lowest BCUT2D eigenvalue weighted by Crippen LogP contribution is -2.41. The van der Waals surface area contributed by atoms with Crippen LogP contribution in [0.15, 0.2) is 71.7 Å². The Morgan fingerprint density at radius 3 is 2.03 bits per heavy atom. The van der Waals surface area contributed by atoms with Gasteiger partial charge in [-0.3, -0.25) is 0 Å². The van der Waals surface area contributed by atoms with Crippen LogP contribution in [0, 0.1) is 23.3 Å². The van der Waals surface area contributed by atoms with E-state index in [2.05, 4.69) is 10.3 Å². The number of nitrogens with zero attached hydrogens (tertiary/aromatic N) is 2. The van der Waals surface area contributed by atoms with Gasteiger partial charge in [0.25, 0.3) is 0 Å². The Bertz CT molecular complexity index is 1270. The molecule has 9 heteroatoms. The summed E-state index contributed by atoms with van der Waals surface area (Å²) >= 11 is 0. The van der Waals surface area contributed by atoms with E-state index >= 15 is 0 Å². The van der Waals surface area contributed by atoms with Crippen LogP contribution >= 0.6 is 0 Å². The maximum atomic E-state index is 13.7. The number of nitrogens with one attached hydrogen (secondary N) is 1. The number of amides is 1. The lowest BCUT2D eigenvalue weighted by molar-refractivity contribution is 0.0320. The van der Waals surface area contributed by atoms with E-state index in [9.17, 15) is 22.4 Å². The molecule has 1 amide bonds. The predicted molar refractivity (Wildman–Crippen MR) is 127 cm³/mol. The second kappa shape index (κ2) is 10.0. The number of carbonyl (C=O) groups is 1. The van der Waals surface area contributed by atoms with Gasteiger partial charge in [0.2, 0.25) is 5.96 Å². The summed E-state index contributed by atoms with van der Waals surface area (Å²) in [4.78, 5) is 19.2. The van der Waals surface area contributed by atoms with E-state index in [4.69, 9.17) is 4.74 Å². The van der Waals surface area contributed by atoms with Crippen molar-refractivity contribution in [3.63, 3.8) is 0 Å². The van der Waals surface area contributed by atoms with Crippen LogP contribution < -0.4 is 5.32 Å². The smallest absolute Gasteiger partial charge is 0.417 e. The van der Waals surface area contributed by atoms with E-state index < -0.39 is 47.0 Å². The molecule has 0 unspecified atom stereocenters. The molecule has 0 aromatic heterocycles. The summed E-state index contributed by atoms with van der Waals surface area (Å²) in [5.74, 6) is -2.74. The van der Waals surface area contributed by atoms with Crippen molar-refractivity contribution in [3.05, 3.63) is 107 Å². The van der Waals surface area contributed by atoms with E-state index in [0.29, 0.717) is 16.7 Å². The Kier molecular flexibility index (Phi) is 7.01. The molecule has 0 bridgehead atoms. The molecule has 188 valence electrons. The zero-order valence-corrected chi connectivity index (χ0v) is 19.9. The molecule has 3 aromatic rings. The molecule has 0 aliphatic carbocycles. The van der Waals surface area contributed by atoms with Crippen molar-refractivity contribution in [2.45, 2.75) is 45.0 Å². The molecule has 1 heterocycles. The molecule has 0 spiro atoms. The van der Waals surface area contributed by atoms with Crippen molar-refractivity contribution in [2.24, 2.45) is 4.99 Å². The van der Waals surface area contributed by atoms with Crippen LogP contribution in [-0.2, 0) is 11.3 Å². The fourth-order valence-corrected chi connectivity index (χ4v) is 3.94. The van der Waals surface area contributed by atoms with Gasteiger partial charge in [-0.05, 0) is 73.9 Å². The minimum absolute atomic E-state index is 0.0644. The van der Waals surface area contributed by atoms with Crippen LogP contribution in [-0.4, -0.2) is 22.6 Å². The van der Waals surface area contributed by atoms with Crippen molar-refractivity contribution < 1.29 is 27.1 Å². The first-order valence-electron chi connectivity index (χ1n) is 11.3. The van der Waals surface area contributed by atoms with Gasteiger partial charge in [0, 0.05) is 0 Å². The number of carbonyl (C=O) groups excluding carboxylic acids is 1. The molecule has 1 saturated heterocycles. The van der Waals surface area contributed by atoms with Crippen molar-refractivity contribution >= 4 is 12.1 Å². The molecule has 1 aliphatic heterocycles. The number of halogens is 4. The first-order valence-corrected chi connectivity index (χ1v) is 11.3. The van der Waals surface area contributed by atoms with Crippen molar-refractivity contribution in [1.29, 1.82) is 0 Å². The predicted octanol–water partition coefficient (Wildman–Crippen LogP) is 6.42. The third-order valence-electron chi connectivity index (χ3n) is 5.53. The summed E-state index contributed by atoms with van der Waals surface area (Å²) in [5.41, 5.74) is 0.791. The van der Waals surface area contributed by atoms with Crippen molar-refractivity contribution in [3.8, 4) is 0 Å². The highest BCUT2D eigenvalue weighted by Gasteiger charge is 2.45. The molecular formula is C27H25F4N3O2. The van der Waals surface area contributed by atoms with Gasteiger partial charge in [-0.1, -0.05) is 30.3 Å². The second-order valence-corrected chi connectivity index (χ2v) is 9.41. The van der Waals surface area contributed by atoms with Crippen LogP contribution in [0.1, 0.15) is 49.5 Å². The SMILES string of the molecule is CC(C)(C)OC(=O)N1C(=NCc2ccc(F)c(F)c2)N[C@@H](c2ccc(F)cc2)[C@H]1c1ccc(F)cc1. The minimum Gasteiger partial charge on any atom is -0.443 e. The topological polar surface area (TPSA) is 53.9 Å². The van der Waals surface area contributed by atoms with Crippen LogP contribution in [0.3, 0.4) is 0 Å². The van der Waals surface area contributed by atoms with E-state index in [1.54, 1.807) is 45.0 Å². The van der Waals surface area contributed by atoms with Gasteiger partial charge in [0.15, 0.2) is 11.6 Å². The van der Waals surface area contributed by atoms with Gasteiger partial charge in [0.05, 0.1) is 18.6 Å². The van der Waals surface area contributed by atoms with Crippen LogP contribution in [0.4, 0.5) is 22.4 Å². The lowest BCUT2D eigenvalue weighted by atomic mass is 9.94. The summed E-state index contributed by atoms with van der Waals surface area (Å²) < 4.78 is 60.1. The Hall–Kier alpha value is -3.88. The van der Waals surface area contributed by atoms with Gasteiger partial charge in [-0.2, -0.15) is 0 Å². The minimum atomic E-state index is -1.01. The van der Waals surface area contributed by atoms with Crippen molar-refractivity contribution in [1.82, 2.24) is 10.2 Å². The molecule has 36 heavy (non-hydrogen) atoms. The number of hydrogen-bond donors (Lipinski definition) is 1. The third kappa shape index (κ3) is 5.67. The van der Waals surface area contributed by atoms with Gasteiger partial charge in [0.1, 0.15) is 17.2 Å². The number of benzene rings is 3. The Morgan fingerprint density at radius 2 is 1.47 bits per heavy atom. The normalized spacial score (nSPS) is 18.9. The second-order valence-electron chi connectivity index (χ2n) is 9.41. The number of hydrogen-bond acceptors (Lipinski definition) is 3. The van der Waals surface area contributed by atoms with E-state index in [0.717, 1.165) is 12.1 Å². The Morgan fingerprint density at radius 1 is 0.889 bits per heavy atom. The summed E-state index contributed by atoms with van der Waals surface area (Å²) in [7, 11) is 0. The van der Waals surface area contributed by atoms with Crippen LogP contribution in [0.5, 0.6) is 0 Å². The molecule has 1 N–H and O–H groups in total. The summed E-state index contributed by atoms with van der Waals surface area (Å²) in [5, 5.41) is 3.19. The molecule has 2 atom stereocenters. The lowest BCUT2D eigenvalue weighted by Gasteiger charge is -2.29. The van der Waals surface area contributed by atoms with Crippen molar-refractivity contribution in [2.75, 3.05) is 0 Å². The zero-order valence-electron chi connectivity index (χ0n) is 19.9. The maximum Gasteiger partial charge on any atom is 0.417 e. The fourth-order valence-electron chi connectivity index (χ4n) is 3.94. The average Bonchev–Trinajstić information content (AvgIpc) is 3.19. The molecule has 1 aliphatic rings. The quantitative estimate of drug-likeness (QED) is 0.422. The number of rotatable bonds is 4. The summed E-state index contributed by atoms with van der Waals surface area (Å²) in [6, 6.07) is 13.5. The van der Waals surface area contributed by atoms with Gasteiger partial charge < -0.3 is 10.1 Å². The highest BCUT2D eigenvalue weighted by atomic mass is 19.2. The Balaban J connectivity index is 1.80. The number of guanidine groups is 1. The van der Waals surface area contributed by atoms with Gasteiger partial charge in [-0.25, -0.2) is 32.2 Å². The monoisotopic (exact) mass is 499 g/mol. The summed E-state index contributed by atoms with van der Waals surface area (Å²) in [6.45, 7) is 5.09. The highest BCUT2D eigenvalue weighted by molar-refractivity contribution is 5.97.